The average molecular weight is 378 g/mol. The minimum absolute atomic E-state index is 0.0188. The lowest BCUT2D eigenvalue weighted by atomic mass is 9.97. The number of rotatable bonds is 16. The highest BCUT2D eigenvalue weighted by Crippen LogP contribution is 2.18. The fraction of sp³-hybridized carbons (Fsp3) is 0.696. The van der Waals surface area contributed by atoms with E-state index in [0.717, 1.165) is 24.1 Å². The molecule has 2 N–H and O–H groups in total. The minimum Gasteiger partial charge on any atom is -0.326 e. The predicted molar refractivity (Wildman–Crippen MR) is 113 cm³/mol. The van der Waals surface area contributed by atoms with Gasteiger partial charge in [0.15, 0.2) is 0 Å². The molecule has 1 amide bonds. The van der Waals surface area contributed by atoms with Gasteiger partial charge in [0.1, 0.15) is 0 Å². The lowest BCUT2D eigenvalue weighted by Crippen LogP contribution is -2.19. The van der Waals surface area contributed by atoms with Crippen LogP contribution in [0.15, 0.2) is 24.3 Å². The van der Waals surface area contributed by atoms with Crippen molar-refractivity contribution in [1.29, 1.82) is 0 Å². The Morgan fingerprint density at radius 3 is 2.26 bits per heavy atom. The summed E-state index contributed by atoms with van der Waals surface area (Å²) in [7, 11) is 0. The summed E-state index contributed by atoms with van der Waals surface area (Å²) < 4.78 is 0. The lowest BCUT2D eigenvalue weighted by molar-refractivity contribution is -0.251. The smallest absolute Gasteiger partial charge is 0.224 e. The van der Waals surface area contributed by atoms with Crippen LogP contribution in [0.4, 0.5) is 5.69 Å². The average Bonchev–Trinajstić information content (AvgIpc) is 2.63. The molecular weight excluding hydrogens is 338 g/mol. The zero-order valence-corrected chi connectivity index (χ0v) is 17.3. The first-order valence-electron chi connectivity index (χ1n) is 10.8. The van der Waals surface area contributed by atoms with Gasteiger partial charge in [-0.3, -0.25) is 10.1 Å². The van der Waals surface area contributed by atoms with E-state index in [-0.39, 0.29) is 18.4 Å². The number of aryl methyl sites for hydroxylation is 1. The van der Waals surface area contributed by atoms with Crippen molar-refractivity contribution in [2.45, 2.75) is 90.9 Å². The zero-order chi connectivity index (χ0) is 19.7. The molecule has 0 aliphatic heterocycles. The van der Waals surface area contributed by atoms with Gasteiger partial charge in [0.2, 0.25) is 5.91 Å². The number of anilines is 1. The molecule has 0 saturated carbocycles. The van der Waals surface area contributed by atoms with Gasteiger partial charge in [0.25, 0.3) is 0 Å². The SMILES string of the molecule is CCCCCCCCCCCCC(COO)CC(=O)Nc1cccc(C)c1. The van der Waals surface area contributed by atoms with Crippen LogP contribution >= 0.6 is 0 Å². The molecule has 4 heteroatoms. The van der Waals surface area contributed by atoms with Crippen LogP contribution in [0, 0.1) is 12.8 Å². The Bertz CT molecular complexity index is 504. The van der Waals surface area contributed by atoms with Gasteiger partial charge < -0.3 is 5.32 Å². The van der Waals surface area contributed by atoms with E-state index in [1.54, 1.807) is 0 Å². The Kier molecular flexibility index (Phi) is 13.7. The Hall–Kier alpha value is -1.39. The molecule has 1 aromatic rings. The number of hydrogen-bond acceptors (Lipinski definition) is 3. The molecule has 1 aromatic carbocycles. The highest BCUT2D eigenvalue weighted by Gasteiger charge is 2.14. The van der Waals surface area contributed by atoms with Crippen molar-refractivity contribution in [3.05, 3.63) is 29.8 Å². The molecule has 0 bridgehead atoms. The van der Waals surface area contributed by atoms with Crippen molar-refractivity contribution in [2.24, 2.45) is 5.92 Å². The Morgan fingerprint density at radius 2 is 1.67 bits per heavy atom. The summed E-state index contributed by atoms with van der Waals surface area (Å²) in [5, 5.41) is 11.7. The number of hydrogen-bond donors (Lipinski definition) is 2. The Morgan fingerprint density at radius 1 is 1.04 bits per heavy atom. The fourth-order valence-electron chi connectivity index (χ4n) is 3.47. The van der Waals surface area contributed by atoms with E-state index in [1.165, 1.54) is 57.8 Å². The van der Waals surface area contributed by atoms with Crippen LogP contribution in [0.2, 0.25) is 0 Å². The number of carbonyl (C=O) groups excluding carboxylic acids is 1. The zero-order valence-electron chi connectivity index (χ0n) is 17.3. The van der Waals surface area contributed by atoms with Crippen molar-refractivity contribution in [3.63, 3.8) is 0 Å². The number of benzene rings is 1. The molecule has 1 unspecified atom stereocenters. The fourth-order valence-corrected chi connectivity index (χ4v) is 3.47. The van der Waals surface area contributed by atoms with E-state index < -0.39 is 0 Å². The third-order valence-electron chi connectivity index (χ3n) is 5.05. The topological polar surface area (TPSA) is 58.6 Å². The summed E-state index contributed by atoms with van der Waals surface area (Å²) in [5.41, 5.74) is 1.94. The summed E-state index contributed by atoms with van der Waals surface area (Å²) in [6, 6.07) is 7.79. The molecule has 0 aliphatic carbocycles. The van der Waals surface area contributed by atoms with Crippen LogP contribution in [0.5, 0.6) is 0 Å². The van der Waals surface area contributed by atoms with Gasteiger partial charge in [0.05, 0.1) is 6.61 Å². The predicted octanol–water partition coefficient (Wildman–Crippen LogP) is 6.74. The number of carbonyl (C=O) groups is 1. The van der Waals surface area contributed by atoms with E-state index in [0.29, 0.717) is 6.42 Å². The highest BCUT2D eigenvalue weighted by molar-refractivity contribution is 5.90. The van der Waals surface area contributed by atoms with E-state index in [4.69, 9.17) is 5.26 Å². The van der Waals surface area contributed by atoms with Gasteiger partial charge in [0, 0.05) is 12.1 Å². The molecule has 27 heavy (non-hydrogen) atoms. The van der Waals surface area contributed by atoms with Crippen molar-refractivity contribution >= 4 is 11.6 Å². The molecule has 1 rings (SSSR count). The maximum Gasteiger partial charge on any atom is 0.224 e. The number of nitrogens with one attached hydrogen (secondary N) is 1. The quantitative estimate of drug-likeness (QED) is 0.190. The normalized spacial score (nSPS) is 12.1. The summed E-state index contributed by atoms with van der Waals surface area (Å²) in [6.45, 7) is 4.48. The molecule has 0 spiro atoms. The Balaban J connectivity index is 2.15. The monoisotopic (exact) mass is 377 g/mol. The van der Waals surface area contributed by atoms with Gasteiger partial charge in [-0.2, -0.15) is 0 Å². The van der Waals surface area contributed by atoms with Crippen LogP contribution in [-0.4, -0.2) is 17.8 Å². The second-order valence-electron chi connectivity index (χ2n) is 7.75. The van der Waals surface area contributed by atoms with Gasteiger partial charge in [-0.15, -0.1) is 0 Å². The third kappa shape index (κ3) is 12.6. The van der Waals surface area contributed by atoms with Crippen LogP contribution in [0.25, 0.3) is 0 Å². The van der Waals surface area contributed by atoms with E-state index >= 15 is 0 Å². The van der Waals surface area contributed by atoms with Crippen LogP contribution in [0.1, 0.15) is 89.5 Å². The van der Waals surface area contributed by atoms with Crippen molar-refractivity contribution in [1.82, 2.24) is 0 Å². The molecule has 1 atom stereocenters. The molecule has 154 valence electrons. The maximum atomic E-state index is 12.2. The van der Waals surface area contributed by atoms with Gasteiger partial charge in [-0.05, 0) is 37.0 Å². The van der Waals surface area contributed by atoms with Crippen LogP contribution in [-0.2, 0) is 9.68 Å². The second-order valence-corrected chi connectivity index (χ2v) is 7.75. The van der Waals surface area contributed by atoms with E-state index in [1.807, 2.05) is 31.2 Å². The highest BCUT2D eigenvalue weighted by atomic mass is 17.1. The first-order chi connectivity index (χ1) is 13.2. The summed E-state index contributed by atoms with van der Waals surface area (Å²) in [6.07, 6.45) is 14.3. The molecule has 0 radical (unpaired) electrons. The molecule has 0 aliphatic rings. The molecule has 0 fully saturated rings. The van der Waals surface area contributed by atoms with Crippen molar-refractivity contribution in [2.75, 3.05) is 11.9 Å². The van der Waals surface area contributed by atoms with E-state index in [9.17, 15) is 4.79 Å². The molecule has 0 saturated heterocycles. The first kappa shape index (κ1) is 23.6. The second kappa shape index (κ2) is 15.6. The van der Waals surface area contributed by atoms with Crippen molar-refractivity contribution < 1.29 is 14.9 Å². The Labute approximate surface area is 165 Å². The largest absolute Gasteiger partial charge is 0.326 e. The van der Waals surface area contributed by atoms with Crippen LogP contribution in [0.3, 0.4) is 0 Å². The molecule has 4 nitrogen and oxygen atoms in total. The first-order valence-corrected chi connectivity index (χ1v) is 10.8. The maximum absolute atomic E-state index is 12.2. The summed E-state index contributed by atoms with van der Waals surface area (Å²) in [4.78, 5) is 16.6. The van der Waals surface area contributed by atoms with Gasteiger partial charge in [-0.25, -0.2) is 4.89 Å². The molecular formula is C23H39NO3. The summed E-state index contributed by atoms with van der Waals surface area (Å²) >= 11 is 0. The molecule has 0 aromatic heterocycles. The molecule has 0 heterocycles. The van der Waals surface area contributed by atoms with Gasteiger partial charge >= 0.3 is 0 Å². The lowest BCUT2D eigenvalue weighted by Gasteiger charge is -2.15. The van der Waals surface area contributed by atoms with Crippen molar-refractivity contribution in [3.8, 4) is 0 Å². The number of unbranched alkanes of at least 4 members (excludes halogenated alkanes) is 9. The number of amides is 1. The van der Waals surface area contributed by atoms with Gasteiger partial charge in [-0.1, -0.05) is 83.3 Å². The minimum atomic E-state index is -0.0188. The van der Waals surface area contributed by atoms with E-state index in [2.05, 4.69) is 17.1 Å². The standard InChI is InChI=1S/C23H39NO3/c1-3-4-5-6-7-8-9-10-11-12-15-21(19-27-26)18-23(25)24-22-16-13-14-20(2)17-22/h13-14,16-17,21,26H,3-12,15,18-19H2,1-2H3,(H,24,25). The third-order valence-corrected chi connectivity index (χ3v) is 5.05. The van der Waals surface area contributed by atoms with Crippen LogP contribution < -0.4 is 5.32 Å². The summed E-state index contributed by atoms with van der Waals surface area (Å²) in [5.74, 6) is 0.0450.